The van der Waals surface area contributed by atoms with Crippen LogP contribution >= 0.6 is 0 Å². The fraction of sp³-hybridized carbons (Fsp3) is 0.278. The minimum Gasteiger partial charge on any atom is -0.283 e. The third-order valence-corrected chi connectivity index (χ3v) is 5.36. The number of benzene rings is 1. The molecule has 0 bridgehead atoms. The van der Waals surface area contributed by atoms with Crippen molar-refractivity contribution in [1.82, 2.24) is 0 Å². The molecule has 0 aromatic heterocycles. The summed E-state index contributed by atoms with van der Waals surface area (Å²) in [4.78, 5) is 11.5. The van der Waals surface area contributed by atoms with Crippen molar-refractivity contribution in [2.24, 2.45) is 0 Å². The Morgan fingerprint density at radius 3 is 1.30 bits per heavy atom. The second kappa shape index (κ2) is 7.68. The first-order valence-electron chi connectivity index (χ1n) is 8.61. The Hall–Kier alpha value is -3.15. The standard InChI is InChI=1S/C18F18O/c19-4-1-2(7(22)12(37)11(4)26)14(16(29,30)18(34,35)36,13(1)15(27,28)17(31,32)33)3-5(20)8(23)10(25)9(24)6(3)21. The van der Waals surface area contributed by atoms with E-state index in [1.165, 1.54) is 0 Å². The minimum atomic E-state index is -7.62. The maximum Gasteiger partial charge on any atom is 0.457 e. The lowest BCUT2D eigenvalue weighted by Crippen LogP contribution is -2.67. The van der Waals surface area contributed by atoms with Gasteiger partial charge in [-0.3, -0.25) is 4.79 Å². The number of hydrogen-bond donors (Lipinski definition) is 0. The number of allylic oxidation sites excluding steroid dienone is 6. The van der Waals surface area contributed by atoms with E-state index in [4.69, 9.17) is 0 Å². The van der Waals surface area contributed by atoms with Crippen molar-refractivity contribution in [3.8, 4) is 0 Å². The Bertz CT molecular complexity index is 1310. The Morgan fingerprint density at radius 2 is 0.919 bits per heavy atom. The molecule has 0 saturated heterocycles. The van der Waals surface area contributed by atoms with Crippen LogP contribution in [0.2, 0.25) is 0 Å². The summed E-state index contributed by atoms with van der Waals surface area (Å²) in [7, 11) is 0. The summed E-state index contributed by atoms with van der Waals surface area (Å²) in [5.41, 5.74) is -21.1. The zero-order valence-electron chi connectivity index (χ0n) is 16.2. The maximum atomic E-state index is 14.8. The summed E-state index contributed by atoms with van der Waals surface area (Å²) in [5.74, 6) is -46.6. The van der Waals surface area contributed by atoms with Crippen LogP contribution in [0.25, 0.3) is 0 Å². The molecule has 2 aliphatic rings. The highest BCUT2D eigenvalue weighted by Gasteiger charge is 2.85. The zero-order valence-corrected chi connectivity index (χ0v) is 16.2. The van der Waals surface area contributed by atoms with Gasteiger partial charge in [0.25, 0.3) is 5.78 Å². The number of carbonyl (C=O) groups is 1. The molecule has 0 spiro atoms. The van der Waals surface area contributed by atoms with Gasteiger partial charge in [-0.25, -0.2) is 30.7 Å². The normalized spacial score (nSPS) is 21.6. The van der Waals surface area contributed by atoms with Crippen molar-refractivity contribution < 1.29 is 83.8 Å². The monoisotopic (exact) mass is 574 g/mol. The molecule has 1 unspecified atom stereocenters. The lowest BCUT2D eigenvalue weighted by Gasteiger charge is -2.54. The lowest BCUT2D eigenvalue weighted by molar-refractivity contribution is -0.315. The summed E-state index contributed by atoms with van der Waals surface area (Å²) < 4.78 is 250. The summed E-state index contributed by atoms with van der Waals surface area (Å²) in [6.45, 7) is 0. The van der Waals surface area contributed by atoms with Gasteiger partial charge >= 0.3 is 24.2 Å². The van der Waals surface area contributed by atoms with Crippen LogP contribution in [0.3, 0.4) is 0 Å². The van der Waals surface area contributed by atoms with Gasteiger partial charge in [-0.2, -0.15) is 48.3 Å². The molecular weight excluding hydrogens is 574 g/mol. The van der Waals surface area contributed by atoms with Crippen LogP contribution in [0, 0.1) is 29.1 Å². The highest BCUT2D eigenvalue weighted by atomic mass is 19.4. The molecule has 19 heteroatoms. The molecule has 1 aromatic rings. The molecule has 3 rings (SSSR count). The molecule has 0 amide bonds. The third-order valence-electron chi connectivity index (χ3n) is 5.36. The van der Waals surface area contributed by atoms with Crippen molar-refractivity contribution in [2.75, 3.05) is 0 Å². The van der Waals surface area contributed by atoms with Crippen molar-refractivity contribution in [1.29, 1.82) is 0 Å². The smallest absolute Gasteiger partial charge is 0.283 e. The molecule has 1 aromatic carbocycles. The molecule has 0 heterocycles. The van der Waals surface area contributed by atoms with Gasteiger partial charge in [-0.1, -0.05) is 0 Å². The van der Waals surface area contributed by atoms with E-state index in [2.05, 4.69) is 0 Å². The lowest BCUT2D eigenvalue weighted by atomic mass is 9.50. The van der Waals surface area contributed by atoms with Gasteiger partial charge < -0.3 is 0 Å². The highest BCUT2D eigenvalue weighted by molar-refractivity contribution is 6.10. The van der Waals surface area contributed by atoms with E-state index in [-0.39, 0.29) is 0 Å². The number of carbonyl (C=O) groups excluding carboxylic acids is 1. The molecule has 1 nitrogen and oxygen atoms in total. The van der Waals surface area contributed by atoms with Crippen molar-refractivity contribution >= 4 is 5.78 Å². The molecule has 0 fully saturated rings. The fourth-order valence-electron chi connectivity index (χ4n) is 3.88. The maximum absolute atomic E-state index is 14.8. The second-order valence-corrected chi connectivity index (χ2v) is 7.24. The van der Waals surface area contributed by atoms with E-state index >= 15 is 0 Å². The predicted molar refractivity (Wildman–Crippen MR) is 79.3 cm³/mol. The van der Waals surface area contributed by atoms with Gasteiger partial charge in [0.15, 0.2) is 34.9 Å². The van der Waals surface area contributed by atoms with Gasteiger partial charge in [-0.15, -0.1) is 0 Å². The molecule has 0 aliphatic heterocycles. The predicted octanol–water partition coefficient (Wildman–Crippen LogP) is 7.28. The van der Waals surface area contributed by atoms with Crippen molar-refractivity contribution in [2.45, 2.75) is 29.6 Å². The average Bonchev–Trinajstić information content (AvgIpc) is 2.73. The summed E-state index contributed by atoms with van der Waals surface area (Å²) in [6.07, 6.45) is -15.0. The summed E-state index contributed by atoms with van der Waals surface area (Å²) >= 11 is 0. The van der Waals surface area contributed by atoms with E-state index in [0.29, 0.717) is 0 Å². The molecule has 0 saturated carbocycles. The summed E-state index contributed by atoms with van der Waals surface area (Å²) in [5, 5.41) is 0. The largest absolute Gasteiger partial charge is 0.457 e. The average molecular weight is 574 g/mol. The molecular formula is C18F18O. The number of ketones is 1. The first-order valence-corrected chi connectivity index (χ1v) is 8.61. The number of halogens is 18. The van der Waals surface area contributed by atoms with Gasteiger partial charge in [0.05, 0.1) is 5.56 Å². The van der Waals surface area contributed by atoms with Gasteiger partial charge in [0.2, 0.25) is 11.6 Å². The number of fused-ring (bicyclic) bond motifs is 1. The third kappa shape index (κ3) is 3.14. The van der Waals surface area contributed by atoms with Crippen LogP contribution in [0.4, 0.5) is 79.0 Å². The number of alkyl halides is 10. The molecule has 37 heavy (non-hydrogen) atoms. The Labute approximate surface area is 189 Å². The first kappa shape index (κ1) is 28.4. The SMILES string of the molecule is O=C1C(F)=C(F)C2=C(C(F)(F)C(F)(F)F)C(c3c(F)c(F)c(F)c(F)c3F)(C(F)(F)C(F)(F)F)C2=C1F. The van der Waals surface area contributed by atoms with E-state index in [1.54, 1.807) is 0 Å². The van der Waals surface area contributed by atoms with E-state index in [9.17, 15) is 83.8 Å². The van der Waals surface area contributed by atoms with Crippen molar-refractivity contribution in [3.05, 3.63) is 68.8 Å². The Kier molecular flexibility index (Phi) is 5.90. The molecule has 0 radical (unpaired) electrons. The van der Waals surface area contributed by atoms with Gasteiger partial charge in [-0.05, 0) is 0 Å². The van der Waals surface area contributed by atoms with Crippen LogP contribution in [0.1, 0.15) is 5.56 Å². The van der Waals surface area contributed by atoms with Crippen LogP contribution in [0.5, 0.6) is 0 Å². The first-order chi connectivity index (χ1) is 16.4. The zero-order chi connectivity index (χ0) is 29.0. The van der Waals surface area contributed by atoms with E-state index in [1.807, 2.05) is 0 Å². The number of rotatable bonds is 3. The Balaban J connectivity index is 2.84. The van der Waals surface area contributed by atoms with Crippen molar-refractivity contribution in [3.63, 3.8) is 0 Å². The molecule has 2 aliphatic carbocycles. The molecule has 1 atom stereocenters. The van der Waals surface area contributed by atoms with Crippen LogP contribution in [0.15, 0.2) is 34.2 Å². The Morgan fingerprint density at radius 1 is 0.514 bits per heavy atom. The highest BCUT2D eigenvalue weighted by Crippen LogP contribution is 2.72. The van der Waals surface area contributed by atoms with E-state index < -0.39 is 104 Å². The second-order valence-electron chi connectivity index (χ2n) is 7.24. The number of hydrogen-bond acceptors (Lipinski definition) is 1. The van der Waals surface area contributed by atoms with Crippen LogP contribution in [-0.4, -0.2) is 30.0 Å². The topological polar surface area (TPSA) is 17.1 Å². The van der Waals surface area contributed by atoms with Gasteiger partial charge in [0.1, 0.15) is 5.41 Å². The van der Waals surface area contributed by atoms with E-state index in [0.717, 1.165) is 0 Å². The summed E-state index contributed by atoms with van der Waals surface area (Å²) in [6, 6.07) is 0. The quantitative estimate of drug-likeness (QED) is 0.211. The molecule has 0 N–H and O–H groups in total. The molecule has 204 valence electrons. The van der Waals surface area contributed by atoms with Crippen LogP contribution < -0.4 is 0 Å². The van der Waals surface area contributed by atoms with Gasteiger partial charge in [0, 0.05) is 16.7 Å². The fourth-order valence-corrected chi connectivity index (χ4v) is 3.88. The number of Topliss-reactive ketones (excluding diaryl/α,β-unsaturated/α-hetero) is 1. The minimum absolute atomic E-state index is 3.18. The van der Waals surface area contributed by atoms with Crippen LogP contribution in [-0.2, 0) is 10.2 Å².